The summed E-state index contributed by atoms with van der Waals surface area (Å²) in [7, 11) is 1.66. The van der Waals surface area contributed by atoms with E-state index in [4.69, 9.17) is 4.74 Å². The van der Waals surface area contributed by atoms with Crippen LogP contribution in [0.2, 0.25) is 0 Å². The summed E-state index contributed by atoms with van der Waals surface area (Å²) in [4.78, 5) is 15.7. The molecule has 2 N–H and O–H groups in total. The van der Waals surface area contributed by atoms with Crippen LogP contribution in [0.15, 0.2) is 12.1 Å². The van der Waals surface area contributed by atoms with Crippen LogP contribution in [0.25, 0.3) is 0 Å². The normalized spacial score (nSPS) is 12.4. The number of methoxy groups -OCH3 is 1. The van der Waals surface area contributed by atoms with E-state index in [1.807, 2.05) is 13.8 Å². The number of aromatic carboxylic acids is 1. The van der Waals surface area contributed by atoms with Crippen molar-refractivity contribution in [3.8, 4) is 0 Å². The van der Waals surface area contributed by atoms with Crippen molar-refractivity contribution < 1.29 is 14.6 Å². The molecule has 0 amide bonds. The lowest BCUT2D eigenvalue weighted by molar-refractivity contribution is 0.0696. The maximum atomic E-state index is 11.2. The van der Waals surface area contributed by atoms with Gasteiger partial charge in [0, 0.05) is 12.8 Å². The summed E-state index contributed by atoms with van der Waals surface area (Å²) in [6.07, 6.45) is 1.97. The fourth-order valence-corrected chi connectivity index (χ4v) is 2.00. The smallest absolute Gasteiger partial charge is 0.335 e. The molecule has 1 aromatic heterocycles. The molecule has 1 atom stereocenters. The second-order valence-corrected chi connectivity index (χ2v) is 5.21. The first-order valence-corrected chi connectivity index (χ1v) is 6.98. The molecule has 20 heavy (non-hydrogen) atoms. The first kappa shape index (κ1) is 16.4. The van der Waals surface area contributed by atoms with E-state index in [9.17, 15) is 9.90 Å². The number of rotatable bonds is 8. The van der Waals surface area contributed by atoms with E-state index in [1.165, 1.54) is 0 Å². The Bertz CT molecular complexity index is 441. The minimum absolute atomic E-state index is 0.140. The molecule has 0 spiro atoms. The van der Waals surface area contributed by atoms with Gasteiger partial charge in [-0.1, -0.05) is 27.2 Å². The Balaban J connectivity index is 3.00. The van der Waals surface area contributed by atoms with Crippen LogP contribution in [0.5, 0.6) is 0 Å². The van der Waals surface area contributed by atoms with Crippen molar-refractivity contribution in [1.82, 2.24) is 4.98 Å². The molecule has 0 aromatic carbocycles. The lowest BCUT2D eigenvalue weighted by Crippen LogP contribution is -2.25. The van der Waals surface area contributed by atoms with Gasteiger partial charge in [0.25, 0.3) is 0 Å². The third-order valence-electron chi connectivity index (χ3n) is 3.04. The molecule has 5 nitrogen and oxygen atoms in total. The van der Waals surface area contributed by atoms with Crippen molar-refractivity contribution >= 4 is 11.8 Å². The summed E-state index contributed by atoms with van der Waals surface area (Å²) in [5.41, 5.74) is 1.04. The molecular formula is C15H24N2O3. The average molecular weight is 280 g/mol. The third-order valence-corrected chi connectivity index (χ3v) is 3.04. The van der Waals surface area contributed by atoms with Crippen LogP contribution in [0.4, 0.5) is 5.82 Å². The zero-order valence-electron chi connectivity index (χ0n) is 12.6. The van der Waals surface area contributed by atoms with Crippen LogP contribution in [0.1, 0.15) is 55.6 Å². The quantitative estimate of drug-likeness (QED) is 0.765. The zero-order chi connectivity index (χ0) is 15.1. The summed E-state index contributed by atoms with van der Waals surface area (Å²) in [6, 6.07) is 3.34. The van der Waals surface area contributed by atoms with Crippen molar-refractivity contribution in [2.45, 2.75) is 45.6 Å². The van der Waals surface area contributed by atoms with E-state index in [1.54, 1.807) is 19.2 Å². The number of ether oxygens (including phenoxy) is 1. The molecule has 1 unspecified atom stereocenters. The van der Waals surface area contributed by atoms with Crippen molar-refractivity contribution in [1.29, 1.82) is 0 Å². The second-order valence-electron chi connectivity index (χ2n) is 5.21. The molecule has 0 radical (unpaired) electrons. The number of carboxylic acids is 1. The van der Waals surface area contributed by atoms with Gasteiger partial charge in [-0.25, -0.2) is 9.78 Å². The second kappa shape index (κ2) is 7.85. The molecule has 0 saturated heterocycles. The third kappa shape index (κ3) is 4.81. The van der Waals surface area contributed by atoms with E-state index >= 15 is 0 Å². The van der Waals surface area contributed by atoms with Gasteiger partial charge in [-0.3, -0.25) is 0 Å². The summed E-state index contributed by atoms with van der Waals surface area (Å²) in [6.45, 7) is 6.67. The molecular weight excluding hydrogens is 256 g/mol. The van der Waals surface area contributed by atoms with Gasteiger partial charge in [0.1, 0.15) is 5.82 Å². The lowest BCUT2D eigenvalue weighted by atomic mass is 10.1. The van der Waals surface area contributed by atoms with Gasteiger partial charge in [0.05, 0.1) is 18.2 Å². The highest BCUT2D eigenvalue weighted by atomic mass is 16.5. The number of pyridine rings is 1. The predicted molar refractivity (Wildman–Crippen MR) is 79.5 cm³/mol. The van der Waals surface area contributed by atoms with Gasteiger partial charge in [0.2, 0.25) is 0 Å². The highest BCUT2D eigenvalue weighted by Crippen LogP contribution is 2.19. The van der Waals surface area contributed by atoms with Gasteiger partial charge < -0.3 is 15.2 Å². The fraction of sp³-hybridized carbons (Fsp3) is 0.600. The maximum absolute atomic E-state index is 11.2. The number of anilines is 1. The molecule has 0 saturated carbocycles. The highest BCUT2D eigenvalue weighted by Gasteiger charge is 2.13. The number of aromatic nitrogens is 1. The minimum Gasteiger partial charge on any atom is -0.478 e. The van der Waals surface area contributed by atoms with Crippen LogP contribution in [-0.4, -0.2) is 35.8 Å². The topological polar surface area (TPSA) is 71.5 Å². The Morgan fingerprint density at radius 3 is 2.65 bits per heavy atom. The van der Waals surface area contributed by atoms with Crippen molar-refractivity contribution in [2.75, 3.05) is 19.0 Å². The molecule has 1 aromatic rings. The molecule has 0 aliphatic carbocycles. The summed E-state index contributed by atoms with van der Waals surface area (Å²) >= 11 is 0. The average Bonchev–Trinajstić information content (AvgIpc) is 2.38. The number of carbonyl (C=O) groups is 1. The molecule has 0 bridgehead atoms. The summed E-state index contributed by atoms with van der Waals surface area (Å²) < 4.78 is 5.18. The van der Waals surface area contributed by atoms with Gasteiger partial charge in [-0.05, 0) is 24.5 Å². The molecule has 1 rings (SSSR count). The van der Waals surface area contributed by atoms with E-state index in [-0.39, 0.29) is 17.5 Å². The van der Waals surface area contributed by atoms with Crippen LogP contribution in [0.3, 0.4) is 0 Å². The van der Waals surface area contributed by atoms with Gasteiger partial charge >= 0.3 is 5.97 Å². The van der Waals surface area contributed by atoms with Gasteiger partial charge in [0.15, 0.2) is 0 Å². The predicted octanol–water partition coefficient (Wildman–Crippen LogP) is 3.13. The minimum atomic E-state index is -0.934. The molecule has 5 heteroatoms. The number of carboxylic acid groups (broad SMARTS) is 1. The molecule has 112 valence electrons. The first-order chi connectivity index (χ1) is 9.47. The SMILES string of the molecule is CCCC(COC)Nc1cc(C(=O)O)cc(C(C)C)n1. The summed E-state index contributed by atoms with van der Waals surface area (Å²) in [5, 5.41) is 12.4. The zero-order valence-corrected chi connectivity index (χ0v) is 12.6. The molecule has 0 fully saturated rings. The first-order valence-electron chi connectivity index (χ1n) is 6.98. The van der Waals surface area contributed by atoms with E-state index in [0.29, 0.717) is 12.4 Å². The Hall–Kier alpha value is -1.62. The Morgan fingerprint density at radius 1 is 1.45 bits per heavy atom. The standard InChI is InChI=1S/C15H24N2O3/c1-5-6-12(9-20-4)16-14-8-11(15(18)19)7-13(17-14)10(2)3/h7-8,10,12H,5-6,9H2,1-4H3,(H,16,17)(H,18,19). The van der Waals surface area contributed by atoms with Crippen LogP contribution >= 0.6 is 0 Å². The van der Waals surface area contributed by atoms with Gasteiger partial charge in [-0.2, -0.15) is 0 Å². The van der Waals surface area contributed by atoms with Crippen molar-refractivity contribution in [2.24, 2.45) is 0 Å². The maximum Gasteiger partial charge on any atom is 0.335 e. The largest absolute Gasteiger partial charge is 0.478 e. The summed E-state index contributed by atoms with van der Waals surface area (Å²) in [5.74, 6) is -0.151. The van der Waals surface area contributed by atoms with E-state index in [0.717, 1.165) is 18.5 Å². The van der Waals surface area contributed by atoms with Crippen molar-refractivity contribution in [3.63, 3.8) is 0 Å². The lowest BCUT2D eigenvalue weighted by Gasteiger charge is -2.19. The highest BCUT2D eigenvalue weighted by molar-refractivity contribution is 5.88. The number of nitrogens with zero attached hydrogens (tertiary/aromatic N) is 1. The Kier molecular flexibility index (Phi) is 6.45. The molecule has 0 aliphatic rings. The van der Waals surface area contributed by atoms with Crippen LogP contribution < -0.4 is 5.32 Å². The number of nitrogens with one attached hydrogen (secondary N) is 1. The number of hydrogen-bond donors (Lipinski definition) is 2. The Morgan fingerprint density at radius 2 is 2.15 bits per heavy atom. The van der Waals surface area contributed by atoms with Gasteiger partial charge in [-0.15, -0.1) is 0 Å². The molecule has 1 heterocycles. The Labute approximate surface area is 120 Å². The van der Waals surface area contributed by atoms with Crippen LogP contribution in [-0.2, 0) is 4.74 Å². The van der Waals surface area contributed by atoms with E-state index < -0.39 is 5.97 Å². The fourth-order valence-electron chi connectivity index (χ4n) is 2.00. The number of hydrogen-bond acceptors (Lipinski definition) is 4. The monoisotopic (exact) mass is 280 g/mol. The van der Waals surface area contributed by atoms with Crippen LogP contribution in [0, 0.1) is 0 Å². The molecule has 0 aliphatic heterocycles. The van der Waals surface area contributed by atoms with E-state index in [2.05, 4.69) is 17.2 Å². The van der Waals surface area contributed by atoms with Crippen molar-refractivity contribution in [3.05, 3.63) is 23.4 Å².